The van der Waals surface area contributed by atoms with Crippen LogP contribution in [0.1, 0.15) is 44.2 Å². The highest BCUT2D eigenvalue weighted by Gasteiger charge is 2.33. The van der Waals surface area contributed by atoms with Gasteiger partial charge < -0.3 is 10.0 Å². The standard InChI is InChI=1S/C15H19NO3/c1-9-11-7-10(15(2,3)8-13(17)18)5-6-12(11)16(4)14(9)19/h5-7,9H,8H2,1-4H3,(H,17,18). The summed E-state index contributed by atoms with van der Waals surface area (Å²) < 4.78 is 0. The molecule has 0 spiro atoms. The molecule has 0 aliphatic carbocycles. The molecule has 1 unspecified atom stereocenters. The van der Waals surface area contributed by atoms with Crippen LogP contribution in [-0.2, 0) is 15.0 Å². The minimum atomic E-state index is -0.813. The molecule has 1 aliphatic rings. The summed E-state index contributed by atoms with van der Waals surface area (Å²) in [5.41, 5.74) is 2.43. The number of carboxylic acids is 1. The van der Waals surface area contributed by atoms with Crippen LogP contribution in [-0.4, -0.2) is 24.0 Å². The zero-order valence-electron chi connectivity index (χ0n) is 11.7. The summed E-state index contributed by atoms with van der Waals surface area (Å²) >= 11 is 0. The number of amides is 1. The van der Waals surface area contributed by atoms with E-state index in [4.69, 9.17) is 5.11 Å². The van der Waals surface area contributed by atoms with Crippen LogP contribution < -0.4 is 4.90 Å². The van der Waals surface area contributed by atoms with E-state index in [1.54, 1.807) is 11.9 Å². The zero-order chi connectivity index (χ0) is 14.4. The summed E-state index contributed by atoms with van der Waals surface area (Å²) in [6.07, 6.45) is 0.0734. The lowest BCUT2D eigenvalue weighted by Gasteiger charge is -2.24. The minimum Gasteiger partial charge on any atom is -0.481 e. The van der Waals surface area contributed by atoms with Crippen molar-refractivity contribution >= 4 is 17.6 Å². The molecule has 19 heavy (non-hydrogen) atoms. The van der Waals surface area contributed by atoms with Gasteiger partial charge in [-0.1, -0.05) is 26.0 Å². The smallest absolute Gasteiger partial charge is 0.304 e. The second kappa shape index (κ2) is 4.37. The molecule has 1 aromatic carbocycles. The van der Waals surface area contributed by atoms with Gasteiger partial charge in [-0.15, -0.1) is 0 Å². The molecule has 4 nitrogen and oxygen atoms in total. The van der Waals surface area contributed by atoms with E-state index in [1.807, 2.05) is 39.0 Å². The van der Waals surface area contributed by atoms with E-state index in [2.05, 4.69) is 0 Å². The Bertz CT molecular complexity index is 548. The average Bonchev–Trinajstić information content (AvgIpc) is 2.53. The predicted molar refractivity (Wildman–Crippen MR) is 73.5 cm³/mol. The molecular weight excluding hydrogens is 242 g/mol. The molecule has 4 heteroatoms. The van der Waals surface area contributed by atoms with Crippen molar-refractivity contribution in [2.24, 2.45) is 0 Å². The predicted octanol–water partition coefficient (Wildman–Crippen LogP) is 2.52. The lowest BCUT2D eigenvalue weighted by Crippen LogP contribution is -2.22. The van der Waals surface area contributed by atoms with Crippen molar-refractivity contribution in [2.75, 3.05) is 11.9 Å². The van der Waals surface area contributed by atoms with Crippen LogP contribution in [0.5, 0.6) is 0 Å². The second-order valence-corrected chi connectivity index (χ2v) is 5.85. The van der Waals surface area contributed by atoms with Crippen molar-refractivity contribution in [2.45, 2.75) is 38.5 Å². The molecule has 0 fully saturated rings. The number of hydrogen-bond acceptors (Lipinski definition) is 2. The number of benzene rings is 1. The minimum absolute atomic E-state index is 0.0734. The van der Waals surface area contributed by atoms with E-state index < -0.39 is 11.4 Å². The van der Waals surface area contributed by atoms with Crippen molar-refractivity contribution in [1.82, 2.24) is 0 Å². The molecule has 1 amide bonds. The van der Waals surface area contributed by atoms with Gasteiger partial charge in [0.25, 0.3) is 0 Å². The van der Waals surface area contributed by atoms with E-state index >= 15 is 0 Å². The zero-order valence-corrected chi connectivity index (χ0v) is 11.7. The van der Waals surface area contributed by atoms with E-state index in [9.17, 15) is 9.59 Å². The maximum absolute atomic E-state index is 11.9. The third kappa shape index (κ3) is 2.23. The van der Waals surface area contributed by atoms with E-state index in [1.165, 1.54) is 0 Å². The van der Waals surface area contributed by atoms with Crippen molar-refractivity contribution in [3.05, 3.63) is 29.3 Å². The number of hydrogen-bond donors (Lipinski definition) is 1. The fourth-order valence-corrected chi connectivity index (χ4v) is 2.65. The molecule has 0 aromatic heterocycles. The Morgan fingerprint density at radius 3 is 2.63 bits per heavy atom. The Labute approximate surface area is 113 Å². The van der Waals surface area contributed by atoms with Crippen molar-refractivity contribution < 1.29 is 14.7 Å². The fourth-order valence-electron chi connectivity index (χ4n) is 2.65. The first-order valence-corrected chi connectivity index (χ1v) is 6.38. The van der Waals surface area contributed by atoms with Crippen LogP contribution in [0.3, 0.4) is 0 Å². The van der Waals surface area contributed by atoms with Gasteiger partial charge >= 0.3 is 5.97 Å². The van der Waals surface area contributed by atoms with E-state index in [-0.39, 0.29) is 18.2 Å². The molecule has 0 radical (unpaired) electrons. The lowest BCUT2D eigenvalue weighted by atomic mass is 9.80. The lowest BCUT2D eigenvalue weighted by molar-refractivity contribution is -0.138. The molecule has 1 N–H and O–H groups in total. The molecule has 0 saturated heterocycles. The van der Waals surface area contributed by atoms with Crippen molar-refractivity contribution in [1.29, 1.82) is 0 Å². The molecule has 2 rings (SSSR count). The summed E-state index contributed by atoms with van der Waals surface area (Å²) in [5.74, 6) is -0.879. The number of likely N-dealkylation sites (N-methyl/N-ethyl adjacent to an activating group) is 1. The van der Waals surface area contributed by atoms with Crippen LogP contribution in [0.25, 0.3) is 0 Å². The molecule has 1 aromatic rings. The highest BCUT2D eigenvalue weighted by molar-refractivity contribution is 6.04. The molecule has 0 saturated carbocycles. The van der Waals surface area contributed by atoms with Gasteiger partial charge in [0.15, 0.2) is 0 Å². The quantitative estimate of drug-likeness (QED) is 0.909. The Kier molecular flexibility index (Phi) is 3.12. The second-order valence-electron chi connectivity index (χ2n) is 5.85. The van der Waals surface area contributed by atoms with Gasteiger partial charge in [0.1, 0.15) is 0 Å². The van der Waals surface area contributed by atoms with Gasteiger partial charge in [0, 0.05) is 18.2 Å². The molecule has 0 bridgehead atoms. The van der Waals surface area contributed by atoms with E-state index in [0.29, 0.717) is 0 Å². The first-order chi connectivity index (χ1) is 8.74. The van der Waals surface area contributed by atoms with Crippen LogP contribution in [0.4, 0.5) is 5.69 Å². The fraction of sp³-hybridized carbons (Fsp3) is 0.467. The first-order valence-electron chi connectivity index (χ1n) is 6.38. The van der Waals surface area contributed by atoms with E-state index in [0.717, 1.165) is 16.8 Å². The number of rotatable bonds is 3. The molecule has 1 heterocycles. The summed E-state index contributed by atoms with van der Waals surface area (Å²) in [6.45, 7) is 5.71. The van der Waals surface area contributed by atoms with Crippen LogP contribution in [0, 0.1) is 0 Å². The van der Waals surface area contributed by atoms with Crippen molar-refractivity contribution in [3.8, 4) is 0 Å². The monoisotopic (exact) mass is 261 g/mol. The Morgan fingerprint density at radius 1 is 1.42 bits per heavy atom. The molecule has 1 atom stereocenters. The van der Waals surface area contributed by atoms with Crippen molar-refractivity contribution in [3.63, 3.8) is 0 Å². The Hall–Kier alpha value is -1.84. The highest BCUT2D eigenvalue weighted by atomic mass is 16.4. The van der Waals surface area contributed by atoms with Gasteiger partial charge in [-0.05, 0) is 24.1 Å². The van der Waals surface area contributed by atoms with Crippen LogP contribution >= 0.6 is 0 Å². The molecule has 1 aliphatic heterocycles. The van der Waals surface area contributed by atoms with Gasteiger partial charge in [-0.2, -0.15) is 0 Å². The number of carbonyl (C=O) groups excluding carboxylic acids is 1. The van der Waals surface area contributed by atoms with Gasteiger partial charge in [0.05, 0.1) is 12.3 Å². The maximum atomic E-state index is 11.9. The summed E-state index contributed by atoms with van der Waals surface area (Å²) in [6, 6.07) is 5.81. The maximum Gasteiger partial charge on any atom is 0.304 e. The van der Waals surface area contributed by atoms with Crippen LogP contribution in [0.2, 0.25) is 0 Å². The SMILES string of the molecule is CC1C(=O)N(C)c2ccc(C(C)(C)CC(=O)O)cc21. The number of aliphatic carboxylic acids is 1. The topological polar surface area (TPSA) is 57.6 Å². The number of carbonyl (C=O) groups is 2. The largest absolute Gasteiger partial charge is 0.481 e. The molecular formula is C15H19NO3. The highest BCUT2D eigenvalue weighted by Crippen LogP contribution is 2.39. The average molecular weight is 261 g/mol. The van der Waals surface area contributed by atoms with Gasteiger partial charge in [-0.3, -0.25) is 9.59 Å². The number of carboxylic acid groups (broad SMARTS) is 1. The summed E-state index contributed by atoms with van der Waals surface area (Å²) in [7, 11) is 1.77. The number of nitrogens with zero attached hydrogens (tertiary/aromatic N) is 1. The normalized spacial score (nSPS) is 18.6. The first kappa shape index (κ1) is 13.6. The Morgan fingerprint density at radius 2 is 2.05 bits per heavy atom. The summed E-state index contributed by atoms with van der Waals surface area (Å²) in [5, 5.41) is 8.98. The third-order valence-corrected chi connectivity index (χ3v) is 3.93. The van der Waals surface area contributed by atoms with Gasteiger partial charge in [0.2, 0.25) is 5.91 Å². The van der Waals surface area contributed by atoms with Crippen LogP contribution in [0.15, 0.2) is 18.2 Å². The van der Waals surface area contributed by atoms with Gasteiger partial charge in [-0.25, -0.2) is 0 Å². The summed E-state index contributed by atoms with van der Waals surface area (Å²) in [4.78, 5) is 24.5. The number of fused-ring (bicyclic) bond motifs is 1. The number of anilines is 1. The Balaban J connectivity index is 2.43. The third-order valence-electron chi connectivity index (χ3n) is 3.93. The molecule has 102 valence electrons.